The number of benzene rings is 1. The second-order valence-electron chi connectivity index (χ2n) is 7.31. The molecular weight excluding hydrogens is 384 g/mol. The molecule has 3 rings (SSSR count). The molecule has 1 amide bonds. The fourth-order valence-corrected chi connectivity index (χ4v) is 3.49. The van der Waals surface area contributed by atoms with Gasteiger partial charge in [0.05, 0.1) is 13.2 Å². The predicted molar refractivity (Wildman–Crippen MR) is 101 cm³/mol. The minimum absolute atomic E-state index is 0.148. The molecule has 2 atom stereocenters. The third kappa shape index (κ3) is 4.73. The van der Waals surface area contributed by atoms with Crippen molar-refractivity contribution in [3.8, 4) is 0 Å². The Balaban J connectivity index is 1.57. The molecule has 0 bridgehead atoms. The second-order valence-corrected chi connectivity index (χ2v) is 7.31. The summed E-state index contributed by atoms with van der Waals surface area (Å²) in [5, 5.41) is 25.7. The number of rotatable bonds is 8. The highest BCUT2D eigenvalue weighted by atomic mass is 19.3. The van der Waals surface area contributed by atoms with Crippen LogP contribution in [0.4, 0.5) is 13.6 Å². The minimum atomic E-state index is -3.59. The number of alkyl halides is 2. The van der Waals surface area contributed by atoms with Crippen LogP contribution in [0.25, 0.3) is 0 Å². The van der Waals surface area contributed by atoms with Crippen LogP contribution >= 0.6 is 0 Å². The summed E-state index contributed by atoms with van der Waals surface area (Å²) < 4.78 is 35.1. The summed E-state index contributed by atoms with van der Waals surface area (Å²) in [7, 11) is 0. The van der Waals surface area contributed by atoms with Crippen molar-refractivity contribution in [3.05, 3.63) is 52.8 Å². The molecule has 1 unspecified atom stereocenters. The zero-order chi connectivity index (χ0) is 21.0. The second kappa shape index (κ2) is 8.87. The molecule has 29 heavy (non-hydrogen) atoms. The van der Waals surface area contributed by atoms with E-state index in [-0.39, 0.29) is 44.0 Å². The third-order valence-electron chi connectivity index (χ3n) is 5.17. The third-order valence-corrected chi connectivity index (χ3v) is 5.17. The zero-order valence-corrected chi connectivity index (χ0v) is 16.1. The number of nitrogens with one attached hydrogen (secondary N) is 1. The van der Waals surface area contributed by atoms with E-state index in [9.17, 15) is 23.8 Å². The summed E-state index contributed by atoms with van der Waals surface area (Å²) in [6.45, 7) is 2.15. The van der Waals surface area contributed by atoms with E-state index in [1.165, 1.54) is 0 Å². The van der Waals surface area contributed by atoms with Crippen LogP contribution in [0, 0.1) is 0 Å². The maximum Gasteiger partial charge on any atom is 0.407 e. The minimum Gasteiger partial charge on any atom is -0.465 e. The summed E-state index contributed by atoms with van der Waals surface area (Å²) >= 11 is 0. The van der Waals surface area contributed by atoms with Crippen molar-refractivity contribution in [1.29, 1.82) is 0 Å². The number of fused-ring (bicyclic) bond motifs is 1. The number of aliphatic hydroxyl groups excluding tert-OH is 1. The molecule has 0 saturated heterocycles. The van der Waals surface area contributed by atoms with E-state index in [0.717, 1.165) is 10.5 Å². The maximum absolute atomic E-state index is 14.8. The van der Waals surface area contributed by atoms with Gasteiger partial charge in [0, 0.05) is 30.3 Å². The lowest BCUT2D eigenvalue weighted by Crippen LogP contribution is -2.42. The monoisotopic (exact) mass is 409 g/mol. The summed E-state index contributed by atoms with van der Waals surface area (Å²) in [5.74, 6) is -3.59. The van der Waals surface area contributed by atoms with Gasteiger partial charge in [0.25, 0.3) is 0 Å². The molecule has 3 N–H and O–H groups in total. The predicted octanol–water partition coefficient (Wildman–Crippen LogP) is 3.28. The average Bonchev–Trinajstić information content (AvgIpc) is 3.11. The standard InChI is InChI=1S/C20H25F2N3O4/c1-13-10-16-15(11-25(13)19(27)28)18(24-23-16)20(21,22)17(26)8-5-9-29-12-14-6-3-2-4-7-14/h2-4,6-7,13,17,26H,5,8-12H2,1H3,(H,23,24)(H,27,28)/t13-,17?/m1/s1. The van der Waals surface area contributed by atoms with Gasteiger partial charge in [-0.2, -0.15) is 13.9 Å². The van der Waals surface area contributed by atoms with E-state index in [1.807, 2.05) is 30.3 Å². The molecule has 0 aliphatic carbocycles. The number of amides is 1. The Morgan fingerprint density at radius 1 is 1.41 bits per heavy atom. The van der Waals surface area contributed by atoms with E-state index < -0.39 is 23.8 Å². The van der Waals surface area contributed by atoms with Crippen LogP contribution in [-0.2, 0) is 30.2 Å². The van der Waals surface area contributed by atoms with E-state index in [2.05, 4.69) is 10.2 Å². The van der Waals surface area contributed by atoms with E-state index in [0.29, 0.717) is 12.3 Å². The van der Waals surface area contributed by atoms with Gasteiger partial charge < -0.3 is 19.8 Å². The summed E-state index contributed by atoms with van der Waals surface area (Å²) in [6.07, 6.45) is -2.74. The molecule has 0 saturated carbocycles. The lowest BCUT2D eigenvalue weighted by atomic mass is 9.95. The zero-order valence-electron chi connectivity index (χ0n) is 16.1. The maximum atomic E-state index is 14.8. The largest absolute Gasteiger partial charge is 0.465 e. The molecule has 1 aromatic heterocycles. The first-order chi connectivity index (χ1) is 13.8. The number of nitrogens with zero attached hydrogens (tertiary/aromatic N) is 2. The topological polar surface area (TPSA) is 98.7 Å². The highest BCUT2D eigenvalue weighted by Gasteiger charge is 2.46. The van der Waals surface area contributed by atoms with Crippen LogP contribution < -0.4 is 0 Å². The molecule has 2 aromatic rings. The first-order valence-corrected chi connectivity index (χ1v) is 9.54. The van der Waals surface area contributed by atoms with Gasteiger partial charge in [-0.25, -0.2) is 4.79 Å². The van der Waals surface area contributed by atoms with Crippen molar-refractivity contribution < 1.29 is 28.5 Å². The number of aromatic nitrogens is 2. The lowest BCUT2D eigenvalue weighted by Gasteiger charge is -2.32. The summed E-state index contributed by atoms with van der Waals surface area (Å²) in [6, 6.07) is 9.15. The molecule has 1 aliphatic heterocycles. The van der Waals surface area contributed by atoms with E-state index in [4.69, 9.17) is 4.74 Å². The smallest absolute Gasteiger partial charge is 0.407 e. The number of carbonyl (C=O) groups is 1. The molecule has 0 radical (unpaired) electrons. The molecule has 0 fully saturated rings. The van der Waals surface area contributed by atoms with Crippen LogP contribution in [0.5, 0.6) is 0 Å². The Morgan fingerprint density at radius 2 is 2.14 bits per heavy atom. The van der Waals surface area contributed by atoms with Gasteiger partial charge in [-0.05, 0) is 25.3 Å². The first kappa shape index (κ1) is 21.2. The van der Waals surface area contributed by atoms with Crippen molar-refractivity contribution >= 4 is 6.09 Å². The summed E-state index contributed by atoms with van der Waals surface area (Å²) in [5.41, 5.74) is 1.04. The Morgan fingerprint density at radius 3 is 2.83 bits per heavy atom. The highest BCUT2D eigenvalue weighted by Crippen LogP contribution is 2.38. The fraction of sp³-hybridized carbons (Fsp3) is 0.500. The van der Waals surface area contributed by atoms with Gasteiger partial charge in [0.15, 0.2) is 0 Å². The SMILES string of the molecule is C[C@@H]1Cc2[nH]nc(C(F)(F)C(O)CCCOCc3ccccc3)c2CN1C(=O)O. The average molecular weight is 409 g/mol. The number of aliphatic hydroxyl groups is 1. The molecular formula is C20H25F2N3O4. The van der Waals surface area contributed by atoms with Crippen molar-refractivity contribution in [2.75, 3.05) is 6.61 Å². The number of hydrogen-bond donors (Lipinski definition) is 3. The van der Waals surface area contributed by atoms with E-state index in [1.54, 1.807) is 6.92 Å². The Hall–Kier alpha value is -2.52. The van der Waals surface area contributed by atoms with Crippen LogP contribution in [0.3, 0.4) is 0 Å². The van der Waals surface area contributed by atoms with Gasteiger partial charge in [0.2, 0.25) is 0 Å². The van der Waals surface area contributed by atoms with Crippen LogP contribution in [0.1, 0.15) is 42.3 Å². The van der Waals surface area contributed by atoms with Crippen LogP contribution in [0.2, 0.25) is 0 Å². The Labute approximate surface area is 167 Å². The van der Waals surface area contributed by atoms with Gasteiger partial charge in [-0.3, -0.25) is 5.10 Å². The van der Waals surface area contributed by atoms with Crippen molar-refractivity contribution in [2.45, 2.75) is 57.4 Å². The number of carboxylic acid groups (broad SMARTS) is 1. The Kier molecular flexibility index (Phi) is 6.49. The normalized spacial score (nSPS) is 17.8. The van der Waals surface area contributed by atoms with Crippen molar-refractivity contribution in [3.63, 3.8) is 0 Å². The molecule has 158 valence electrons. The molecule has 1 aliphatic rings. The molecule has 0 spiro atoms. The number of H-pyrrole nitrogens is 1. The molecule has 9 heteroatoms. The number of ether oxygens (including phenoxy) is 1. The van der Waals surface area contributed by atoms with Gasteiger partial charge in [-0.15, -0.1) is 0 Å². The fourth-order valence-electron chi connectivity index (χ4n) is 3.49. The Bertz CT molecular complexity index is 828. The van der Waals surface area contributed by atoms with Gasteiger partial charge in [-0.1, -0.05) is 30.3 Å². The van der Waals surface area contributed by atoms with Crippen molar-refractivity contribution in [2.24, 2.45) is 0 Å². The number of aromatic amines is 1. The lowest BCUT2D eigenvalue weighted by molar-refractivity contribution is -0.123. The van der Waals surface area contributed by atoms with Crippen molar-refractivity contribution in [1.82, 2.24) is 15.1 Å². The quantitative estimate of drug-likeness (QED) is 0.581. The van der Waals surface area contributed by atoms with Gasteiger partial charge in [0.1, 0.15) is 11.8 Å². The van der Waals surface area contributed by atoms with Crippen LogP contribution in [-0.4, -0.2) is 50.2 Å². The van der Waals surface area contributed by atoms with Gasteiger partial charge >= 0.3 is 12.0 Å². The molecule has 7 nitrogen and oxygen atoms in total. The highest BCUT2D eigenvalue weighted by molar-refractivity contribution is 5.66. The number of halogens is 2. The molecule has 1 aromatic carbocycles. The summed E-state index contributed by atoms with van der Waals surface area (Å²) in [4.78, 5) is 12.4. The number of hydrogen-bond acceptors (Lipinski definition) is 4. The molecule has 2 heterocycles. The van der Waals surface area contributed by atoms with Crippen LogP contribution in [0.15, 0.2) is 30.3 Å². The first-order valence-electron chi connectivity index (χ1n) is 9.54. The van der Waals surface area contributed by atoms with E-state index >= 15 is 0 Å².